The first kappa shape index (κ1) is 21.2. The third kappa shape index (κ3) is 3.52. The van der Waals surface area contributed by atoms with E-state index in [2.05, 4.69) is 0 Å². The Hall–Kier alpha value is -3.07. The van der Waals surface area contributed by atoms with Gasteiger partial charge in [0.05, 0.1) is 17.4 Å². The lowest BCUT2D eigenvalue weighted by Gasteiger charge is -2.40. The number of hydrogen-bond acceptors (Lipinski definition) is 4. The number of aliphatic hydroxyl groups is 1. The maximum Gasteiger partial charge on any atom is 0.301 e. The molecule has 0 unspecified atom stereocenters. The van der Waals surface area contributed by atoms with Crippen LogP contribution in [0, 0.1) is 18.6 Å². The monoisotopic (exact) mass is 431 g/mol. The Labute approximate surface area is 177 Å². The van der Waals surface area contributed by atoms with Crippen LogP contribution in [0.2, 0.25) is 0 Å². The van der Waals surface area contributed by atoms with Crippen LogP contribution in [-0.2, 0) is 17.8 Å². The van der Waals surface area contributed by atoms with E-state index < -0.39 is 41.4 Å². The highest BCUT2D eigenvalue weighted by atomic mass is 19.2. The van der Waals surface area contributed by atoms with Gasteiger partial charge in [-0.15, -0.1) is 0 Å². The summed E-state index contributed by atoms with van der Waals surface area (Å²) in [6, 6.07) is 2.45. The molecule has 1 aromatic carbocycles. The summed E-state index contributed by atoms with van der Waals surface area (Å²) in [5.41, 5.74) is 6.92. The van der Waals surface area contributed by atoms with Crippen LogP contribution in [0.1, 0.15) is 57.8 Å². The molecule has 3 N–H and O–H groups in total. The smallest absolute Gasteiger partial charge is 0.301 e. The third-order valence-electron chi connectivity index (χ3n) is 6.17. The van der Waals surface area contributed by atoms with Crippen molar-refractivity contribution in [2.24, 2.45) is 5.73 Å². The maximum absolute atomic E-state index is 13.9. The number of amides is 2. The standard InChI is InChI=1S/C22H23F2N3O4/c1-11-18(21(25)30)17-4-2-3-7-26(17)19(11)20(29)22(31)27(13-8-14(28)9-13)12-5-6-15(23)16(24)10-12/h5-6,10,13-14,28H,2-4,7-9H2,1H3,(H2,25,30). The number of hydrogen-bond donors (Lipinski definition) is 2. The quantitative estimate of drug-likeness (QED) is 0.560. The predicted octanol–water partition coefficient (Wildman–Crippen LogP) is 2.25. The van der Waals surface area contributed by atoms with Gasteiger partial charge in [-0.3, -0.25) is 14.4 Å². The molecule has 1 aromatic heterocycles. The molecule has 2 heterocycles. The third-order valence-corrected chi connectivity index (χ3v) is 6.17. The first-order chi connectivity index (χ1) is 14.7. The van der Waals surface area contributed by atoms with Crippen molar-refractivity contribution in [3.63, 3.8) is 0 Å². The SMILES string of the molecule is Cc1c(C(N)=O)c2n(c1C(=O)C(=O)N(c1ccc(F)c(F)c1)C1CC(O)C1)CCCC2. The molecule has 0 atom stereocenters. The average molecular weight is 431 g/mol. The van der Waals surface area contributed by atoms with Crippen LogP contribution in [0.15, 0.2) is 18.2 Å². The van der Waals surface area contributed by atoms with Gasteiger partial charge in [0, 0.05) is 30.0 Å². The van der Waals surface area contributed by atoms with Crippen molar-refractivity contribution < 1.29 is 28.3 Å². The summed E-state index contributed by atoms with van der Waals surface area (Å²) in [7, 11) is 0. The lowest BCUT2D eigenvalue weighted by Crippen LogP contribution is -2.52. The van der Waals surface area contributed by atoms with Crippen LogP contribution in [-0.4, -0.2) is 39.4 Å². The molecule has 2 aromatic rings. The Bertz CT molecular complexity index is 1090. The molecule has 1 saturated carbocycles. The number of fused-ring (bicyclic) bond motifs is 1. The number of carbonyl (C=O) groups excluding carboxylic acids is 3. The second-order valence-electron chi connectivity index (χ2n) is 8.15. The number of benzene rings is 1. The number of ketones is 1. The predicted molar refractivity (Wildman–Crippen MR) is 108 cm³/mol. The molecular formula is C22H23F2N3O4. The summed E-state index contributed by atoms with van der Waals surface area (Å²) in [4.78, 5) is 39.9. The number of halogens is 2. The van der Waals surface area contributed by atoms with Gasteiger partial charge in [-0.2, -0.15) is 0 Å². The molecule has 31 heavy (non-hydrogen) atoms. The zero-order valence-corrected chi connectivity index (χ0v) is 17.0. The Morgan fingerprint density at radius 2 is 1.87 bits per heavy atom. The van der Waals surface area contributed by atoms with E-state index in [1.165, 1.54) is 6.07 Å². The molecule has 4 rings (SSSR count). The summed E-state index contributed by atoms with van der Waals surface area (Å²) in [6.07, 6.45) is 2.00. The molecule has 0 bridgehead atoms. The first-order valence-electron chi connectivity index (χ1n) is 10.2. The van der Waals surface area contributed by atoms with Gasteiger partial charge in [0.2, 0.25) is 0 Å². The lowest BCUT2D eigenvalue weighted by molar-refractivity contribution is -0.116. The van der Waals surface area contributed by atoms with Crippen molar-refractivity contribution in [2.45, 2.75) is 57.7 Å². The molecule has 164 valence electrons. The number of carbonyl (C=O) groups is 3. The minimum absolute atomic E-state index is 0.0346. The zero-order valence-electron chi connectivity index (χ0n) is 17.0. The van der Waals surface area contributed by atoms with Gasteiger partial charge in [0.1, 0.15) is 0 Å². The van der Waals surface area contributed by atoms with Crippen molar-refractivity contribution in [3.05, 3.63) is 52.3 Å². The zero-order chi connectivity index (χ0) is 22.4. The van der Waals surface area contributed by atoms with E-state index in [1.807, 2.05) is 0 Å². The summed E-state index contributed by atoms with van der Waals surface area (Å²) < 4.78 is 29.0. The van der Waals surface area contributed by atoms with Crippen LogP contribution in [0.3, 0.4) is 0 Å². The molecule has 0 saturated heterocycles. The van der Waals surface area contributed by atoms with Crippen molar-refractivity contribution >= 4 is 23.3 Å². The number of anilines is 1. The van der Waals surface area contributed by atoms with Crippen LogP contribution in [0.4, 0.5) is 14.5 Å². The lowest BCUT2D eigenvalue weighted by atomic mass is 9.87. The van der Waals surface area contributed by atoms with Crippen LogP contribution in [0.5, 0.6) is 0 Å². The molecule has 1 aliphatic carbocycles. The van der Waals surface area contributed by atoms with Crippen LogP contribution >= 0.6 is 0 Å². The van der Waals surface area contributed by atoms with Crippen molar-refractivity contribution in [3.8, 4) is 0 Å². The van der Waals surface area contributed by atoms with Gasteiger partial charge in [-0.05, 0) is 56.7 Å². The first-order valence-corrected chi connectivity index (χ1v) is 10.2. The number of rotatable bonds is 5. The fourth-order valence-electron chi connectivity index (χ4n) is 4.61. The molecule has 2 aliphatic rings. The summed E-state index contributed by atoms with van der Waals surface area (Å²) in [6.45, 7) is 2.06. The van der Waals surface area contributed by atoms with Gasteiger partial charge in [-0.1, -0.05) is 0 Å². The number of primary amides is 1. The maximum atomic E-state index is 13.9. The Balaban J connectivity index is 1.77. The number of nitrogens with two attached hydrogens (primary N) is 1. The largest absolute Gasteiger partial charge is 0.393 e. The van der Waals surface area contributed by atoms with Gasteiger partial charge in [-0.25, -0.2) is 8.78 Å². The highest BCUT2D eigenvalue weighted by molar-refractivity contribution is 6.47. The molecule has 1 aliphatic heterocycles. The van der Waals surface area contributed by atoms with Gasteiger partial charge < -0.3 is 20.3 Å². The summed E-state index contributed by atoms with van der Waals surface area (Å²) in [5, 5.41) is 9.70. The fourth-order valence-corrected chi connectivity index (χ4v) is 4.61. The van der Waals surface area contributed by atoms with Crippen molar-refractivity contribution in [1.29, 1.82) is 0 Å². The highest BCUT2D eigenvalue weighted by Gasteiger charge is 2.40. The van der Waals surface area contributed by atoms with E-state index in [-0.39, 0.29) is 29.8 Å². The van der Waals surface area contributed by atoms with E-state index >= 15 is 0 Å². The van der Waals surface area contributed by atoms with Crippen molar-refractivity contribution in [1.82, 2.24) is 4.57 Å². The summed E-state index contributed by atoms with van der Waals surface area (Å²) >= 11 is 0. The van der Waals surface area contributed by atoms with E-state index in [4.69, 9.17) is 5.73 Å². The second-order valence-corrected chi connectivity index (χ2v) is 8.15. The Morgan fingerprint density at radius 3 is 2.48 bits per heavy atom. The molecule has 7 nitrogen and oxygen atoms in total. The van der Waals surface area contributed by atoms with E-state index in [0.717, 1.165) is 29.9 Å². The summed E-state index contributed by atoms with van der Waals surface area (Å²) in [5.74, 6) is -4.64. The molecule has 9 heteroatoms. The van der Waals surface area contributed by atoms with Gasteiger partial charge in [0.15, 0.2) is 11.6 Å². The van der Waals surface area contributed by atoms with Gasteiger partial charge >= 0.3 is 5.91 Å². The minimum atomic E-state index is -1.14. The minimum Gasteiger partial charge on any atom is -0.393 e. The number of nitrogens with zero attached hydrogens (tertiary/aromatic N) is 2. The molecular weight excluding hydrogens is 408 g/mol. The Morgan fingerprint density at radius 1 is 1.16 bits per heavy atom. The molecule has 0 spiro atoms. The topological polar surface area (TPSA) is 106 Å². The fraction of sp³-hybridized carbons (Fsp3) is 0.409. The highest BCUT2D eigenvalue weighted by Crippen LogP contribution is 2.33. The second kappa shape index (κ2) is 7.88. The van der Waals surface area contributed by atoms with E-state index in [1.54, 1.807) is 11.5 Å². The molecule has 2 amide bonds. The van der Waals surface area contributed by atoms with E-state index in [0.29, 0.717) is 24.2 Å². The average Bonchev–Trinajstić information content (AvgIpc) is 3.00. The van der Waals surface area contributed by atoms with Crippen LogP contribution in [0.25, 0.3) is 0 Å². The Kier molecular flexibility index (Phi) is 5.38. The number of Topliss-reactive ketones (excluding diaryl/α,β-unsaturated/α-hetero) is 1. The normalized spacial score (nSPS) is 20.0. The van der Waals surface area contributed by atoms with Gasteiger partial charge in [0.25, 0.3) is 11.7 Å². The molecule has 0 radical (unpaired) electrons. The number of aromatic nitrogens is 1. The van der Waals surface area contributed by atoms with Crippen molar-refractivity contribution in [2.75, 3.05) is 4.90 Å². The van der Waals surface area contributed by atoms with E-state index in [9.17, 15) is 28.3 Å². The number of aliphatic hydroxyl groups excluding tert-OH is 1. The van der Waals surface area contributed by atoms with Crippen LogP contribution < -0.4 is 10.6 Å². The molecule has 1 fully saturated rings.